The van der Waals surface area contributed by atoms with Crippen molar-refractivity contribution in [2.75, 3.05) is 6.54 Å². The highest BCUT2D eigenvalue weighted by Crippen LogP contribution is 2.31. The van der Waals surface area contributed by atoms with Gasteiger partial charge in [-0.05, 0) is 27.6 Å². The fraction of sp³-hybridized carbons (Fsp3) is 0.273. The first-order valence-electron chi connectivity index (χ1n) is 4.76. The Labute approximate surface area is 96.6 Å². The number of benzene rings is 1. The number of aliphatic hydroxyl groups is 1. The van der Waals surface area contributed by atoms with Crippen molar-refractivity contribution in [2.45, 2.75) is 6.10 Å². The monoisotopic (exact) mass is 268 g/mol. The molecule has 0 saturated heterocycles. The molecule has 4 heteroatoms. The maximum absolute atomic E-state index is 9.81. The number of halogens is 1. The quantitative estimate of drug-likeness (QED) is 0.875. The number of fused-ring (bicyclic) bond motifs is 1. The lowest BCUT2D eigenvalue weighted by molar-refractivity contribution is 0.188. The average molecular weight is 269 g/mol. The van der Waals surface area contributed by atoms with E-state index < -0.39 is 6.10 Å². The van der Waals surface area contributed by atoms with Gasteiger partial charge in [0.15, 0.2) is 0 Å². The molecule has 1 unspecified atom stereocenters. The van der Waals surface area contributed by atoms with Gasteiger partial charge in [-0.2, -0.15) is 0 Å². The fourth-order valence-corrected chi connectivity index (χ4v) is 2.56. The molecule has 0 radical (unpaired) electrons. The lowest BCUT2D eigenvalue weighted by Gasteiger charge is -2.10. The van der Waals surface area contributed by atoms with Crippen molar-refractivity contribution in [2.24, 2.45) is 12.8 Å². The van der Waals surface area contributed by atoms with Gasteiger partial charge in [-0.15, -0.1) is 0 Å². The number of hydrogen-bond donors (Lipinski definition) is 2. The molecule has 0 aliphatic carbocycles. The summed E-state index contributed by atoms with van der Waals surface area (Å²) in [5.74, 6) is 0. The van der Waals surface area contributed by atoms with E-state index in [9.17, 15) is 5.11 Å². The minimum Gasteiger partial charge on any atom is -0.387 e. The van der Waals surface area contributed by atoms with Gasteiger partial charge in [0.1, 0.15) is 0 Å². The summed E-state index contributed by atoms with van der Waals surface area (Å²) in [6, 6.07) is 5.86. The first-order valence-corrected chi connectivity index (χ1v) is 5.56. The summed E-state index contributed by atoms with van der Waals surface area (Å²) in [6.45, 7) is 0.237. The standard InChI is InChI=1S/C11H13BrN2O/c1-14-6-8(12)11-7(10(15)5-13)3-2-4-9(11)14/h2-4,6,10,15H,5,13H2,1H3. The van der Waals surface area contributed by atoms with Crippen LogP contribution in [-0.2, 0) is 7.05 Å². The van der Waals surface area contributed by atoms with E-state index in [0.717, 1.165) is 20.9 Å². The molecule has 0 aliphatic rings. The van der Waals surface area contributed by atoms with Crippen LogP contribution >= 0.6 is 15.9 Å². The third kappa shape index (κ3) is 1.69. The SMILES string of the molecule is Cn1cc(Br)c2c(C(O)CN)cccc21. The third-order valence-electron chi connectivity index (χ3n) is 2.58. The Bertz CT molecular complexity index is 493. The maximum atomic E-state index is 9.81. The summed E-state index contributed by atoms with van der Waals surface area (Å²) in [6.07, 6.45) is 1.38. The van der Waals surface area contributed by atoms with E-state index in [1.807, 2.05) is 36.0 Å². The normalized spacial score (nSPS) is 13.3. The van der Waals surface area contributed by atoms with E-state index in [0.29, 0.717) is 0 Å². The summed E-state index contributed by atoms with van der Waals surface area (Å²) in [7, 11) is 1.98. The maximum Gasteiger partial charge on any atom is 0.0919 e. The lowest BCUT2D eigenvalue weighted by Crippen LogP contribution is -2.11. The molecule has 2 rings (SSSR count). The van der Waals surface area contributed by atoms with Crippen molar-refractivity contribution in [1.82, 2.24) is 4.57 Å². The van der Waals surface area contributed by atoms with Crippen molar-refractivity contribution in [1.29, 1.82) is 0 Å². The second-order valence-electron chi connectivity index (χ2n) is 3.58. The number of aryl methyl sites for hydroxylation is 1. The van der Waals surface area contributed by atoms with Gasteiger partial charge < -0.3 is 15.4 Å². The minimum absolute atomic E-state index is 0.237. The summed E-state index contributed by atoms with van der Waals surface area (Å²) >= 11 is 3.49. The summed E-state index contributed by atoms with van der Waals surface area (Å²) in [4.78, 5) is 0. The van der Waals surface area contributed by atoms with Crippen molar-refractivity contribution < 1.29 is 5.11 Å². The fourth-order valence-electron chi connectivity index (χ4n) is 1.82. The largest absolute Gasteiger partial charge is 0.387 e. The van der Waals surface area contributed by atoms with E-state index in [1.54, 1.807) is 0 Å². The molecule has 15 heavy (non-hydrogen) atoms. The van der Waals surface area contributed by atoms with Crippen LogP contribution in [0.2, 0.25) is 0 Å². The highest BCUT2D eigenvalue weighted by atomic mass is 79.9. The Morgan fingerprint density at radius 2 is 2.27 bits per heavy atom. The Hall–Kier alpha value is -0.840. The summed E-state index contributed by atoms with van der Waals surface area (Å²) < 4.78 is 3.01. The van der Waals surface area contributed by atoms with E-state index in [4.69, 9.17) is 5.73 Å². The van der Waals surface area contributed by atoms with Crippen LogP contribution < -0.4 is 5.73 Å². The predicted molar refractivity (Wildman–Crippen MR) is 64.6 cm³/mol. The van der Waals surface area contributed by atoms with Crippen LogP contribution in [0.25, 0.3) is 10.9 Å². The Balaban J connectivity index is 2.75. The zero-order chi connectivity index (χ0) is 11.0. The number of aliphatic hydroxyl groups excluding tert-OH is 1. The van der Waals surface area contributed by atoms with Crippen molar-refractivity contribution in [3.8, 4) is 0 Å². The van der Waals surface area contributed by atoms with Crippen LogP contribution in [0.5, 0.6) is 0 Å². The van der Waals surface area contributed by atoms with Gasteiger partial charge in [-0.1, -0.05) is 12.1 Å². The van der Waals surface area contributed by atoms with Crippen molar-refractivity contribution in [3.63, 3.8) is 0 Å². The number of aromatic nitrogens is 1. The van der Waals surface area contributed by atoms with Crippen LogP contribution in [0, 0.1) is 0 Å². The molecule has 0 amide bonds. The van der Waals surface area contributed by atoms with Crippen LogP contribution in [0.4, 0.5) is 0 Å². The Morgan fingerprint density at radius 3 is 2.93 bits per heavy atom. The third-order valence-corrected chi connectivity index (χ3v) is 3.18. The lowest BCUT2D eigenvalue weighted by atomic mass is 10.1. The van der Waals surface area contributed by atoms with Crippen LogP contribution in [0.15, 0.2) is 28.9 Å². The number of nitrogens with zero attached hydrogens (tertiary/aromatic N) is 1. The van der Waals surface area contributed by atoms with E-state index in [-0.39, 0.29) is 6.54 Å². The minimum atomic E-state index is -0.604. The van der Waals surface area contributed by atoms with E-state index in [2.05, 4.69) is 15.9 Å². The van der Waals surface area contributed by atoms with Gasteiger partial charge in [0.2, 0.25) is 0 Å². The first-order chi connectivity index (χ1) is 7.15. The van der Waals surface area contributed by atoms with E-state index in [1.165, 1.54) is 0 Å². The molecule has 0 spiro atoms. The van der Waals surface area contributed by atoms with Gasteiger partial charge in [0.25, 0.3) is 0 Å². The van der Waals surface area contributed by atoms with Crippen LogP contribution in [-0.4, -0.2) is 16.2 Å². The van der Waals surface area contributed by atoms with E-state index >= 15 is 0 Å². The molecule has 0 aliphatic heterocycles. The highest BCUT2D eigenvalue weighted by Gasteiger charge is 2.13. The molecule has 0 fully saturated rings. The molecule has 3 nitrogen and oxygen atoms in total. The number of hydrogen-bond acceptors (Lipinski definition) is 2. The molecule has 80 valence electrons. The van der Waals surface area contributed by atoms with Gasteiger partial charge >= 0.3 is 0 Å². The van der Waals surface area contributed by atoms with Gasteiger partial charge in [-0.25, -0.2) is 0 Å². The number of nitrogens with two attached hydrogens (primary N) is 1. The first kappa shape index (κ1) is 10.7. The smallest absolute Gasteiger partial charge is 0.0919 e. The van der Waals surface area contributed by atoms with Crippen molar-refractivity contribution in [3.05, 3.63) is 34.4 Å². The molecule has 0 bridgehead atoms. The second-order valence-corrected chi connectivity index (χ2v) is 4.44. The second kappa shape index (κ2) is 3.96. The zero-order valence-electron chi connectivity index (χ0n) is 8.44. The molecule has 0 saturated carbocycles. The zero-order valence-corrected chi connectivity index (χ0v) is 10.0. The molecule has 3 N–H and O–H groups in total. The van der Waals surface area contributed by atoms with Gasteiger partial charge in [0, 0.05) is 35.2 Å². The highest BCUT2D eigenvalue weighted by molar-refractivity contribution is 9.10. The molecule has 1 aromatic heterocycles. The molecule has 1 atom stereocenters. The Morgan fingerprint density at radius 1 is 1.53 bits per heavy atom. The molecule has 2 aromatic rings. The molecular formula is C11H13BrN2O. The van der Waals surface area contributed by atoms with Crippen molar-refractivity contribution >= 4 is 26.8 Å². The Kier molecular flexibility index (Phi) is 2.82. The van der Waals surface area contributed by atoms with Gasteiger partial charge in [-0.3, -0.25) is 0 Å². The average Bonchev–Trinajstić information content (AvgIpc) is 2.54. The molecule has 1 heterocycles. The topological polar surface area (TPSA) is 51.2 Å². The predicted octanol–water partition coefficient (Wildman–Crippen LogP) is 1.93. The molecular weight excluding hydrogens is 256 g/mol. The van der Waals surface area contributed by atoms with Crippen LogP contribution in [0.3, 0.4) is 0 Å². The van der Waals surface area contributed by atoms with Gasteiger partial charge in [0.05, 0.1) is 6.10 Å². The number of rotatable bonds is 2. The van der Waals surface area contributed by atoms with Crippen LogP contribution in [0.1, 0.15) is 11.7 Å². The molecule has 1 aromatic carbocycles. The summed E-state index contributed by atoms with van der Waals surface area (Å²) in [5.41, 5.74) is 7.45. The summed E-state index contributed by atoms with van der Waals surface area (Å²) in [5, 5.41) is 10.8.